The van der Waals surface area contributed by atoms with Crippen LogP contribution in [0.1, 0.15) is 12.5 Å². The summed E-state index contributed by atoms with van der Waals surface area (Å²) in [6.45, 7) is 3.82. The topological polar surface area (TPSA) is 38.6 Å². The number of rotatable bonds is 6. The van der Waals surface area contributed by atoms with E-state index < -0.39 is 5.82 Å². The zero-order chi connectivity index (χ0) is 18.6. The molecule has 0 amide bonds. The van der Waals surface area contributed by atoms with Gasteiger partial charge in [0.25, 0.3) is 0 Å². The Morgan fingerprint density at radius 2 is 1.93 bits per heavy atom. The van der Waals surface area contributed by atoms with E-state index in [2.05, 4.69) is 35.5 Å². The van der Waals surface area contributed by atoms with E-state index in [0.29, 0.717) is 5.75 Å². The lowest BCUT2D eigenvalue weighted by molar-refractivity contribution is 0.444. The maximum atomic E-state index is 14.0. The summed E-state index contributed by atoms with van der Waals surface area (Å²) in [5.74, 6) is 0.360. The maximum absolute atomic E-state index is 14.0. The highest BCUT2D eigenvalue weighted by Crippen LogP contribution is 2.35. The number of nitrogens with one attached hydrogen (secondary N) is 1. The molecule has 0 aliphatic carbocycles. The highest BCUT2D eigenvalue weighted by atomic mass is 19.1. The van der Waals surface area contributed by atoms with E-state index in [-0.39, 0.29) is 5.75 Å². The first-order valence-electron chi connectivity index (χ1n) is 8.95. The van der Waals surface area contributed by atoms with Crippen LogP contribution in [0.3, 0.4) is 0 Å². The van der Waals surface area contributed by atoms with Crippen LogP contribution in [-0.2, 0) is 6.54 Å². The average Bonchev–Trinajstić information content (AvgIpc) is 3.14. The Bertz CT molecular complexity index is 1070. The van der Waals surface area contributed by atoms with Crippen LogP contribution < -0.4 is 10.1 Å². The van der Waals surface area contributed by atoms with E-state index in [4.69, 9.17) is 4.74 Å². The first kappa shape index (κ1) is 17.2. The molecule has 0 aliphatic rings. The number of aromatic nitrogens is 2. The summed E-state index contributed by atoms with van der Waals surface area (Å²) in [4.78, 5) is 0. The molecular formula is C22H20FN3O. The number of para-hydroxylation sites is 1. The van der Waals surface area contributed by atoms with Crippen LogP contribution in [0.4, 0.5) is 4.39 Å². The Morgan fingerprint density at radius 1 is 1.04 bits per heavy atom. The smallest absolute Gasteiger partial charge is 0.165 e. The van der Waals surface area contributed by atoms with Crippen molar-refractivity contribution in [2.24, 2.45) is 0 Å². The van der Waals surface area contributed by atoms with Gasteiger partial charge in [0, 0.05) is 24.4 Å². The predicted octanol–water partition coefficient (Wildman–Crippen LogP) is 5.04. The molecule has 1 N–H and O–H groups in total. The summed E-state index contributed by atoms with van der Waals surface area (Å²) in [5, 5.41) is 7.70. The van der Waals surface area contributed by atoms with Crippen molar-refractivity contribution < 1.29 is 9.13 Å². The minimum Gasteiger partial charge on any atom is -0.452 e. The van der Waals surface area contributed by atoms with Gasteiger partial charge in [0.15, 0.2) is 17.3 Å². The molecule has 0 fully saturated rings. The fourth-order valence-corrected chi connectivity index (χ4v) is 3.10. The second-order valence-electron chi connectivity index (χ2n) is 6.23. The van der Waals surface area contributed by atoms with Crippen molar-refractivity contribution in [2.45, 2.75) is 13.5 Å². The lowest BCUT2D eigenvalue weighted by atomic mass is 10.0. The number of benzene rings is 2. The van der Waals surface area contributed by atoms with E-state index in [1.807, 2.05) is 18.3 Å². The summed E-state index contributed by atoms with van der Waals surface area (Å²) >= 11 is 0. The molecule has 0 aliphatic heterocycles. The molecule has 0 radical (unpaired) electrons. The Labute approximate surface area is 157 Å². The molecule has 0 atom stereocenters. The summed E-state index contributed by atoms with van der Waals surface area (Å²) in [7, 11) is 0. The van der Waals surface area contributed by atoms with Crippen LogP contribution in [-0.4, -0.2) is 16.2 Å². The van der Waals surface area contributed by atoms with Gasteiger partial charge in [-0.15, -0.1) is 0 Å². The van der Waals surface area contributed by atoms with Crippen molar-refractivity contribution in [3.05, 3.63) is 84.4 Å². The molecule has 0 unspecified atom stereocenters. The molecule has 0 spiro atoms. The number of halogens is 1. The average molecular weight is 361 g/mol. The molecule has 27 heavy (non-hydrogen) atoms. The minimum absolute atomic E-state index is 0.193. The minimum atomic E-state index is -0.395. The van der Waals surface area contributed by atoms with E-state index in [1.165, 1.54) is 11.6 Å². The molecular weight excluding hydrogens is 341 g/mol. The van der Waals surface area contributed by atoms with Crippen LogP contribution in [0.25, 0.3) is 16.6 Å². The highest BCUT2D eigenvalue weighted by Gasteiger charge is 2.14. The molecule has 0 saturated heterocycles. The highest BCUT2D eigenvalue weighted by molar-refractivity contribution is 5.85. The number of ether oxygens (including phenoxy) is 1. The zero-order valence-corrected chi connectivity index (χ0v) is 15.0. The number of fused-ring (bicyclic) bond motifs is 1. The van der Waals surface area contributed by atoms with Gasteiger partial charge in [0.1, 0.15) is 5.52 Å². The monoisotopic (exact) mass is 361 g/mol. The summed E-state index contributed by atoms with van der Waals surface area (Å²) in [6.07, 6.45) is 3.53. The summed E-state index contributed by atoms with van der Waals surface area (Å²) < 4.78 is 21.7. The van der Waals surface area contributed by atoms with Crippen molar-refractivity contribution in [1.82, 2.24) is 14.9 Å². The van der Waals surface area contributed by atoms with E-state index in [1.54, 1.807) is 35.0 Å². The lowest BCUT2D eigenvalue weighted by Gasteiger charge is -2.10. The Kier molecular flexibility index (Phi) is 4.85. The van der Waals surface area contributed by atoms with Crippen molar-refractivity contribution in [2.75, 3.05) is 6.54 Å². The van der Waals surface area contributed by atoms with E-state index in [0.717, 1.165) is 29.7 Å². The quantitative estimate of drug-likeness (QED) is 0.523. The molecule has 4 rings (SSSR count). The van der Waals surface area contributed by atoms with Crippen LogP contribution in [0.15, 0.2) is 73.1 Å². The molecule has 4 nitrogen and oxygen atoms in total. The van der Waals surface area contributed by atoms with Crippen LogP contribution in [0, 0.1) is 5.82 Å². The van der Waals surface area contributed by atoms with Gasteiger partial charge in [-0.05, 0) is 41.9 Å². The van der Waals surface area contributed by atoms with Crippen molar-refractivity contribution >= 4 is 5.52 Å². The Balaban J connectivity index is 1.78. The Morgan fingerprint density at radius 3 is 2.78 bits per heavy atom. The van der Waals surface area contributed by atoms with E-state index in [9.17, 15) is 4.39 Å². The molecule has 136 valence electrons. The Hall–Kier alpha value is -3.18. The van der Waals surface area contributed by atoms with Gasteiger partial charge in [-0.3, -0.25) is 0 Å². The largest absolute Gasteiger partial charge is 0.452 e. The van der Waals surface area contributed by atoms with Gasteiger partial charge in [0.05, 0.1) is 6.20 Å². The van der Waals surface area contributed by atoms with Crippen LogP contribution in [0.2, 0.25) is 0 Å². The fourth-order valence-electron chi connectivity index (χ4n) is 3.10. The van der Waals surface area contributed by atoms with Gasteiger partial charge in [0.2, 0.25) is 0 Å². The third kappa shape index (κ3) is 3.55. The number of hydrogen-bond acceptors (Lipinski definition) is 3. The third-order valence-corrected chi connectivity index (χ3v) is 4.39. The van der Waals surface area contributed by atoms with Gasteiger partial charge in [-0.25, -0.2) is 8.91 Å². The standard InChI is InChI=1S/C22H20FN3O/c1-2-24-15-16-6-5-7-17(14-16)18-11-13-26-22(18)21(10-12-25-26)27-20-9-4-3-8-19(20)23/h3-14,24H,2,15H2,1H3. The zero-order valence-electron chi connectivity index (χ0n) is 15.0. The normalized spacial score (nSPS) is 11.0. The van der Waals surface area contributed by atoms with Crippen LogP contribution in [0.5, 0.6) is 11.5 Å². The molecule has 4 aromatic rings. The van der Waals surface area contributed by atoms with E-state index >= 15 is 0 Å². The van der Waals surface area contributed by atoms with Gasteiger partial charge in [-0.1, -0.05) is 37.3 Å². The van der Waals surface area contributed by atoms with Gasteiger partial charge < -0.3 is 10.1 Å². The SMILES string of the molecule is CCNCc1cccc(-c2ccn3nccc(Oc4ccccc4F)c23)c1. The molecule has 0 bridgehead atoms. The third-order valence-electron chi connectivity index (χ3n) is 4.39. The fraction of sp³-hybridized carbons (Fsp3) is 0.136. The summed E-state index contributed by atoms with van der Waals surface area (Å²) in [6, 6.07) is 18.5. The molecule has 2 aromatic carbocycles. The van der Waals surface area contributed by atoms with Crippen molar-refractivity contribution in [3.63, 3.8) is 0 Å². The van der Waals surface area contributed by atoms with Crippen molar-refractivity contribution in [3.8, 4) is 22.6 Å². The van der Waals surface area contributed by atoms with Crippen molar-refractivity contribution in [1.29, 1.82) is 0 Å². The second kappa shape index (κ2) is 7.60. The van der Waals surface area contributed by atoms with Crippen LogP contribution >= 0.6 is 0 Å². The molecule has 2 aromatic heterocycles. The molecule has 2 heterocycles. The number of nitrogens with zero attached hydrogens (tertiary/aromatic N) is 2. The molecule has 5 heteroatoms. The maximum Gasteiger partial charge on any atom is 0.165 e. The number of hydrogen-bond donors (Lipinski definition) is 1. The summed E-state index contributed by atoms with van der Waals surface area (Å²) in [5.41, 5.74) is 4.07. The first-order valence-corrected chi connectivity index (χ1v) is 8.95. The lowest BCUT2D eigenvalue weighted by Crippen LogP contribution is -2.11. The first-order chi connectivity index (χ1) is 13.3. The van der Waals surface area contributed by atoms with Gasteiger partial charge >= 0.3 is 0 Å². The molecule has 0 saturated carbocycles. The predicted molar refractivity (Wildman–Crippen MR) is 104 cm³/mol. The van der Waals surface area contributed by atoms with Gasteiger partial charge in [-0.2, -0.15) is 5.10 Å². The second-order valence-corrected chi connectivity index (χ2v) is 6.23.